The molecule has 0 amide bonds. The third-order valence-corrected chi connectivity index (χ3v) is 10.6. The van der Waals surface area contributed by atoms with E-state index in [1.165, 1.54) is 30.7 Å². The van der Waals surface area contributed by atoms with Crippen LogP contribution in [0.2, 0.25) is 0 Å². The van der Waals surface area contributed by atoms with Crippen molar-refractivity contribution in [1.82, 2.24) is 34.0 Å². The van der Waals surface area contributed by atoms with Gasteiger partial charge in [0.05, 0.1) is 28.9 Å². The second-order valence-corrected chi connectivity index (χ2v) is 14.7. The number of hydrogen-bond donors (Lipinski definition) is 2. The maximum absolute atomic E-state index is 13.5. The molecule has 0 radical (unpaired) electrons. The van der Waals surface area contributed by atoms with Crippen molar-refractivity contribution < 1.29 is 26.3 Å². The number of nitrogens with zero attached hydrogens (tertiary/aromatic N) is 7. The zero-order chi connectivity index (χ0) is 34.1. The molecule has 48 heavy (non-hydrogen) atoms. The highest BCUT2D eigenvalue weighted by atomic mass is 32.2. The SMILES string of the molecule is COC(c1ccc(-c2cnc(Nc3ccnc(-c4cnn(S(=O)(=O)C5CC5)c4)n3)cc2NC2CCC(CN(C)C)CC2)nc1)C(F)(F)F. The van der Waals surface area contributed by atoms with Gasteiger partial charge in [-0.2, -0.15) is 22.4 Å². The molecule has 4 heterocycles. The fourth-order valence-electron chi connectivity index (χ4n) is 6.03. The second-order valence-electron chi connectivity index (χ2n) is 12.6. The number of rotatable bonds is 12. The molecule has 4 aromatic rings. The molecule has 1 unspecified atom stereocenters. The van der Waals surface area contributed by atoms with Crippen molar-refractivity contribution in [3.8, 4) is 22.6 Å². The van der Waals surface area contributed by atoms with E-state index in [2.05, 4.69) is 54.7 Å². The van der Waals surface area contributed by atoms with E-state index in [0.29, 0.717) is 53.0 Å². The van der Waals surface area contributed by atoms with Gasteiger partial charge in [0, 0.05) is 61.2 Å². The van der Waals surface area contributed by atoms with Crippen LogP contribution in [0.25, 0.3) is 22.6 Å². The Kier molecular flexibility index (Phi) is 9.67. The van der Waals surface area contributed by atoms with Crippen LogP contribution in [0.5, 0.6) is 0 Å². The quantitative estimate of drug-likeness (QED) is 0.191. The number of aromatic nitrogens is 6. The van der Waals surface area contributed by atoms with E-state index in [0.717, 1.165) is 49.1 Å². The van der Waals surface area contributed by atoms with Crippen LogP contribution >= 0.6 is 0 Å². The van der Waals surface area contributed by atoms with Crippen molar-refractivity contribution in [2.45, 2.75) is 62.1 Å². The summed E-state index contributed by atoms with van der Waals surface area (Å²) >= 11 is 0. The molecule has 6 rings (SSSR count). The van der Waals surface area contributed by atoms with Gasteiger partial charge < -0.3 is 20.3 Å². The Balaban J connectivity index is 1.25. The van der Waals surface area contributed by atoms with Gasteiger partial charge in [0.1, 0.15) is 11.6 Å². The highest BCUT2D eigenvalue weighted by molar-refractivity contribution is 7.90. The molecule has 256 valence electrons. The summed E-state index contributed by atoms with van der Waals surface area (Å²) in [5, 5.41) is 10.5. The van der Waals surface area contributed by atoms with Gasteiger partial charge in [-0.15, -0.1) is 0 Å². The summed E-state index contributed by atoms with van der Waals surface area (Å²) in [4.78, 5) is 20.0. The summed E-state index contributed by atoms with van der Waals surface area (Å²) in [6, 6.07) is 6.58. The minimum atomic E-state index is -4.57. The minimum absolute atomic E-state index is 0.0935. The Labute approximate surface area is 277 Å². The third kappa shape index (κ3) is 7.76. The van der Waals surface area contributed by atoms with Crippen molar-refractivity contribution >= 4 is 27.3 Å². The Morgan fingerprint density at radius 2 is 1.77 bits per heavy atom. The van der Waals surface area contributed by atoms with Gasteiger partial charge in [-0.05, 0) is 70.7 Å². The molecule has 0 spiro atoms. The number of ether oxygens (including phenoxy) is 1. The molecule has 0 saturated heterocycles. The van der Waals surface area contributed by atoms with Crippen LogP contribution in [0.1, 0.15) is 50.2 Å². The fraction of sp³-hybridized carbons (Fsp3) is 0.469. The summed E-state index contributed by atoms with van der Waals surface area (Å²) in [5.74, 6) is 1.80. The molecule has 16 heteroatoms. The van der Waals surface area contributed by atoms with Crippen LogP contribution in [-0.2, 0) is 14.8 Å². The fourth-order valence-corrected chi connectivity index (χ4v) is 7.50. The summed E-state index contributed by atoms with van der Waals surface area (Å²) < 4.78 is 71.2. The topological polar surface area (TPSA) is 140 Å². The molecule has 0 aliphatic heterocycles. The van der Waals surface area contributed by atoms with E-state index >= 15 is 0 Å². The summed E-state index contributed by atoms with van der Waals surface area (Å²) in [5.41, 5.74) is 2.18. The monoisotopic (exact) mass is 685 g/mol. The van der Waals surface area contributed by atoms with Gasteiger partial charge in [0.25, 0.3) is 10.0 Å². The normalized spacial score (nSPS) is 19.3. The van der Waals surface area contributed by atoms with Crippen molar-refractivity contribution in [1.29, 1.82) is 0 Å². The first-order chi connectivity index (χ1) is 22.9. The van der Waals surface area contributed by atoms with Gasteiger partial charge in [-0.3, -0.25) is 4.98 Å². The van der Waals surface area contributed by atoms with Gasteiger partial charge in [-0.1, -0.05) is 6.07 Å². The minimum Gasteiger partial charge on any atom is -0.382 e. The summed E-state index contributed by atoms with van der Waals surface area (Å²) in [6.07, 6.45) is 5.88. The number of methoxy groups -OCH3 is 1. The maximum atomic E-state index is 13.5. The molecule has 12 nitrogen and oxygen atoms in total. The third-order valence-electron chi connectivity index (χ3n) is 8.57. The number of halogens is 3. The van der Waals surface area contributed by atoms with E-state index in [9.17, 15) is 21.6 Å². The van der Waals surface area contributed by atoms with Crippen LogP contribution in [-0.4, -0.2) is 87.7 Å². The molecule has 0 aromatic carbocycles. The Hall–Kier alpha value is -4.15. The van der Waals surface area contributed by atoms with E-state index in [1.807, 2.05) is 6.07 Å². The highest BCUT2D eigenvalue weighted by Gasteiger charge is 2.41. The maximum Gasteiger partial charge on any atom is 0.418 e. The average Bonchev–Trinajstić information content (AvgIpc) is 3.79. The molecule has 4 aromatic heterocycles. The van der Waals surface area contributed by atoms with Crippen LogP contribution in [0, 0.1) is 5.92 Å². The molecule has 0 bridgehead atoms. The van der Waals surface area contributed by atoms with Gasteiger partial charge in [0.2, 0.25) is 0 Å². The van der Waals surface area contributed by atoms with Crippen molar-refractivity contribution in [3.63, 3.8) is 0 Å². The molecule has 2 fully saturated rings. The molecule has 2 aliphatic carbocycles. The first kappa shape index (κ1) is 33.7. The predicted molar refractivity (Wildman–Crippen MR) is 175 cm³/mol. The highest BCUT2D eigenvalue weighted by Crippen LogP contribution is 2.37. The van der Waals surface area contributed by atoms with Crippen LogP contribution < -0.4 is 10.6 Å². The van der Waals surface area contributed by atoms with Crippen LogP contribution in [0.15, 0.2) is 55.2 Å². The van der Waals surface area contributed by atoms with Crippen molar-refractivity contribution in [3.05, 3.63) is 60.8 Å². The van der Waals surface area contributed by atoms with E-state index in [1.54, 1.807) is 18.5 Å². The number of anilines is 3. The predicted octanol–water partition coefficient (Wildman–Crippen LogP) is 5.66. The Morgan fingerprint density at radius 1 is 1.00 bits per heavy atom. The van der Waals surface area contributed by atoms with Gasteiger partial charge in [0.15, 0.2) is 11.9 Å². The number of alkyl halides is 3. The molecule has 2 aliphatic rings. The molecular formula is C32H38F3N9O3S. The largest absolute Gasteiger partial charge is 0.418 e. The standard InChI is InChI=1S/C32H38F3N9O3S/c1-43(2)18-20-4-7-23(8-5-20)40-27-14-29(38-17-25(27)26-11-6-21(15-37-26)30(47-3)32(33,34)35)41-28-12-13-36-31(42-28)22-16-39-44(19-22)48(45,46)24-9-10-24/h6,11-17,19-20,23-24,30H,4-5,7-10,18H2,1-3H3,(H2,36,38,40,41,42). The van der Waals surface area contributed by atoms with Crippen molar-refractivity contribution in [2.75, 3.05) is 38.4 Å². The molecular weight excluding hydrogens is 647 g/mol. The lowest BCUT2D eigenvalue weighted by Gasteiger charge is -2.31. The zero-order valence-electron chi connectivity index (χ0n) is 26.9. The smallest absolute Gasteiger partial charge is 0.382 e. The number of pyridine rings is 2. The van der Waals surface area contributed by atoms with Crippen molar-refractivity contribution in [2.24, 2.45) is 5.92 Å². The Morgan fingerprint density at radius 3 is 2.42 bits per heavy atom. The van der Waals surface area contributed by atoms with E-state index < -0.39 is 27.6 Å². The number of nitrogens with one attached hydrogen (secondary N) is 2. The van der Waals surface area contributed by atoms with Gasteiger partial charge >= 0.3 is 6.18 Å². The summed E-state index contributed by atoms with van der Waals surface area (Å²) in [7, 11) is 1.65. The first-order valence-corrected chi connectivity index (χ1v) is 17.3. The Bertz CT molecular complexity index is 1820. The second kappa shape index (κ2) is 13.8. The van der Waals surface area contributed by atoms with Crippen LogP contribution in [0.3, 0.4) is 0 Å². The lowest BCUT2D eigenvalue weighted by atomic mass is 9.85. The molecule has 2 N–H and O–H groups in total. The first-order valence-electron chi connectivity index (χ1n) is 15.8. The van der Waals surface area contributed by atoms with E-state index in [4.69, 9.17) is 4.74 Å². The number of hydrogen-bond acceptors (Lipinski definition) is 11. The lowest BCUT2D eigenvalue weighted by molar-refractivity contribution is -0.216. The van der Waals surface area contributed by atoms with E-state index in [-0.39, 0.29) is 11.6 Å². The average molecular weight is 686 g/mol. The lowest BCUT2D eigenvalue weighted by Crippen LogP contribution is -2.31. The van der Waals surface area contributed by atoms with Gasteiger partial charge in [-0.25, -0.2) is 23.4 Å². The zero-order valence-corrected chi connectivity index (χ0v) is 27.7. The summed E-state index contributed by atoms with van der Waals surface area (Å²) in [6.45, 7) is 1.04. The molecule has 1 atom stereocenters. The van der Waals surface area contributed by atoms with Crippen LogP contribution in [0.4, 0.5) is 30.5 Å². The molecule has 2 saturated carbocycles.